The molecule has 0 spiro atoms. The van der Waals surface area contributed by atoms with E-state index in [4.69, 9.17) is 4.74 Å². The molecule has 0 atom stereocenters. The standard InChI is InChI=1S/C26H24F4N6O2/c1-38-12-11-36-23(34-35-24(36)17-7-9-31-10-8-17)16-32-21-4-2-3-18(14-21)25(37)33-15-19-13-20(27)5-6-22(19)26(28,29)30/h2-10,13-14,32H,11-12,15-16H2,1H3,(H,33,37). The number of pyridine rings is 1. The number of hydrogen-bond donors (Lipinski definition) is 2. The van der Waals surface area contributed by atoms with Crippen LogP contribution in [0.3, 0.4) is 0 Å². The Morgan fingerprint density at radius 3 is 2.55 bits per heavy atom. The molecular formula is C26H24F4N6O2. The molecule has 8 nitrogen and oxygen atoms in total. The molecule has 0 saturated heterocycles. The van der Waals surface area contributed by atoms with Gasteiger partial charge < -0.3 is 19.9 Å². The normalized spacial score (nSPS) is 11.4. The van der Waals surface area contributed by atoms with Gasteiger partial charge in [-0.3, -0.25) is 9.78 Å². The number of nitrogens with one attached hydrogen (secondary N) is 2. The summed E-state index contributed by atoms with van der Waals surface area (Å²) < 4.78 is 60.4. The molecular weight excluding hydrogens is 504 g/mol. The summed E-state index contributed by atoms with van der Waals surface area (Å²) in [5.74, 6) is -0.132. The number of methoxy groups -OCH3 is 1. The van der Waals surface area contributed by atoms with Crippen LogP contribution < -0.4 is 10.6 Å². The Labute approximate surface area is 215 Å². The lowest BCUT2D eigenvalue weighted by atomic mass is 10.1. The molecule has 2 aromatic heterocycles. The van der Waals surface area contributed by atoms with Crippen LogP contribution in [0.15, 0.2) is 67.0 Å². The van der Waals surface area contributed by atoms with Gasteiger partial charge in [0.05, 0.1) is 18.7 Å². The molecule has 0 radical (unpaired) electrons. The molecule has 38 heavy (non-hydrogen) atoms. The third-order valence-electron chi connectivity index (χ3n) is 5.67. The highest BCUT2D eigenvalue weighted by Crippen LogP contribution is 2.32. The van der Waals surface area contributed by atoms with Crippen LogP contribution in [-0.4, -0.2) is 39.4 Å². The third-order valence-corrected chi connectivity index (χ3v) is 5.67. The number of rotatable bonds is 10. The lowest BCUT2D eigenvalue weighted by Crippen LogP contribution is -2.24. The first-order valence-corrected chi connectivity index (χ1v) is 11.6. The maximum absolute atomic E-state index is 13.5. The highest BCUT2D eigenvalue weighted by atomic mass is 19.4. The molecule has 0 aliphatic heterocycles. The topological polar surface area (TPSA) is 94.0 Å². The predicted octanol–water partition coefficient (Wildman–Crippen LogP) is 4.69. The van der Waals surface area contributed by atoms with E-state index in [1.165, 1.54) is 6.07 Å². The van der Waals surface area contributed by atoms with Gasteiger partial charge >= 0.3 is 6.18 Å². The van der Waals surface area contributed by atoms with E-state index < -0.39 is 30.0 Å². The first-order valence-electron chi connectivity index (χ1n) is 11.6. The van der Waals surface area contributed by atoms with Crippen LogP contribution in [0.25, 0.3) is 11.4 Å². The van der Waals surface area contributed by atoms with Crippen molar-refractivity contribution in [2.24, 2.45) is 0 Å². The number of carbonyl (C=O) groups is 1. The minimum absolute atomic E-state index is 0.221. The number of benzene rings is 2. The van der Waals surface area contributed by atoms with Crippen molar-refractivity contribution in [2.75, 3.05) is 19.0 Å². The highest BCUT2D eigenvalue weighted by molar-refractivity contribution is 5.95. The molecule has 2 heterocycles. The van der Waals surface area contributed by atoms with Gasteiger partial charge in [0.25, 0.3) is 5.91 Å². The van der Waals surface area contributed by atoms with Gasteiger partial charge in [-0.25, -0.2) is 4.39 Å². The number of aromatic nitrogens is 4. The number of alkyl halides is 3. The highest BCUT2D eigenvalue weighted by Gasteiger charge is 2.33. The summed E-state index contributed by atoms with van der Waals surface area (Å²) in [5.41, 5.74) is 0.295. The molecule has 2 N–H and O–H groups in total. The number of hydrogen-bond acceptors (Lipinski definition) is 6. The average molecular weight is 529 g/mol. The van der Waals surface area contributed by atoms with Crippen molar-refractivity contribution in [2.45, 2.75) is 25.8 Å². The monoisotopic (exact) mass is 528 g/mol. The van der Waals surface area contributed by atoms with E-state index in [0.29, 0.717) is 36.6 Å². The average Bonchev–Trinajstić information content (AvgIpc) is 3.32. The van der Waals surface area contributed by atoms with Gasteiger partial charge in [0.15, 0.2) is 11.6 Å². The van der Waals surface area contributed by atoms with Crippen molar-refractivity contribution in [3.8, 4) is 11.4 Å². The van der Waals surface area contributed by atoms with Crippen LogP contribution in [0.2, 0.25) is 0 Å². The minimum Gasteiger partial charge on any atom is -0.383 e. The molecule has 4 aromatic rings. The van der Waals surface area contributed by atoms with Gasteiger partial charge in [-0.05, 0) is 54.1 Å². The van der Waals surface area contributed by atoms with E-state index in [1.807, 2.05) is 16.7 Å². The molecule has 198 valence electrons. The first-order chi connectivity index (χ1) is 18.3. The lowest BCUT2D eigenvalue weighted by molar-refractivity contribution is -0.138. The van der Waals surface area contributed by atoms with Crippen molar-refractivity contribution >= 4 is 11.6 Å². The second-order valence-corrected chi connectivity index (χ2v) is 8.24. The number of anilines is 1. The Balaban J connectivity index is 1.45. The van der Waals surface area contributed by atoms with Gasteiger partial charge in [0.1, 0.15) is 5.82 Å². The Morgan fingerprint density at radius 1 is 1.03 bits per heavy atom. The largest absolute Gasteiger partial charge is 0.416 e. The second kappa shape index (κ2) is 11.8. The van der Waals surface area contributed by atoms with E-state index in [1.54, 1.807) is 37.7 Å². The van der Waals surface area contributed by atoms with Crippen LogP contribution in [0.1, 0.15) is 27.3 Å². The van der Waals surface area contributed by atoms with E-state index in [2.05, 4.69) is 25.8 Å². The summed E-state index contributed by atoms with van der Waals surface area (Å²) >= 11 is 0. The third kappa shape index (κ3) is 6.51. The van der Waals surface area contributed by atoms with Crippen LogP contribution in [0.4, 0.5) is 23.2 Å². The van der Waals surface area contributed by atoms with E-state index >= 15 is 0 Å². The Morgan fingerprint density at radius 2 is 1.82 bits per heavy atom. The van der Waals surface area contributed by atoms with Gasteiger partial charge in [-0.15, -0.1) is 10.2 Å². The SMILES string of the molecule is COCCn1c(CNc2cccc(C(=O)NCc3cc(F)ccc3C(F)(F)F)c2)nnc1-c1ccncc1. The van der Waals surface area contributed by atoms with E-state index in [-0.39, 0.29) is 17.7 Å². The molecule has 2 aromatic carbocycles. The molecule has 1 amide bonds. The molecule has 0 unspecified atom stereocenters. The molecule has 0 saturated carbocycles. The van der Waals surface area contributed by atoms with Crippen LogP contribution in [0, 0.1) is 5.82 Å². The van der Waals surface area contributed by atoms with Gasteiger partial charge in [-0.2, -0.15) is 13.2 Å². The van der Waals surface area contributed by atoms with Gasteiger partial charge in [0.2, 0.25) is 0 Å². The lowest BCUT2D eigenvalue weighted by Gasteiger charge is -2.14. The summed E-state index contributed by atoms with van der Waals surface area (Å²) in [4.78, 5) is 16.7. The van der Waals surface area contributed by atoms with Crippen LogP contribution >= 0.6 is 0 Å². The van der Waals surface area contributed by atoms with Crippen LogP contribution in [0.5, 0.6) is 0 Å². The fourth-order valence-electron chi connectivity index (χ4n) is 3.81. The van der Waals surface area contributed by atoms with Crippen molar-refractivity contribution in [3.63, 3.8) is 0 Å². The zero-order valence-corrected chi connectivity index (χ0v) is 20.3. The van der Waals surface area contributed by atoms with E-state index in [9.17, 15) is 22.4 Å². The fourth-order valence-corrected chi connectivity index (χ4v) is 3.81. The molecule has 0 aliphatic rings. The quantitative estimate of drug-likeness (QED) is 0.290. The summed E-state index contributed by atoms with van der Waals surface area (Å²) in [6, 6.07) is 12.3. The Kier molecular flexibility index (Phi) is 8.31. The first kappa shape index (κ1) is 26.7. The molecule has 4 rings (SSSR count). The number of halogens is 4. The smallest absolute Gasteiger partial charge is 0.383 e. The van der Waals surface area contributed by atoms with Gasteiger partial charge in [-0.1, -0.05) is 6.07 Å². The zero-order chi connectivity index (χ0) is 27.1. The fraction of sp³-hybridized carbons (Fsp3) is 0.231. The molecule has 0 aliphatic carbocycles. The van der Waals surface area contributed by atoms with Crippen molar-refractivity contribution < 1.29 is 27.1 Å². The number of nitrogens with zero attached hydrogens (tertiary/aromatic N) is 4. The summed E-state index contributed by atoms with van der Waals surface area (Å²) in [6.45, 7) is 0.759. The zero-order valence-electron chi connectivity index (χ0n) is 20.3. The van der Waals surface area contributed by atoms with E-state index in [0.717, 1.165) is 17.7 Å². The number of amides is 1. The minimum atomic E-state index is -4.67. The second-order valence-electron chi connectivity index (χ2n) is 8.24. The summed E-state index contributed by atoms with van der Waals surface area (Å²) in [5, 5.41) is 14.2. The van der Waals surface area contributed by atoms with Crippen LogP contribution in [-0.2, 0) is 30.5 Å². The van der Waals surface area contributed by atoms with Gasteiger partial charge in [0, 0.05) is 49.4 Å². The molecule has 0 bridgehead atoms. The molecule has 0 fully saturated rings. The number of carbonyl (C=O) groups excluding carboxylic acids is 1. The van der Waals surface area contributed by atoms with Crippen molar-refractivity contribution in [1.82, 2.24) is 25.1 Å². The van der Waals surface area contributed by atoms with Crippen molar-refractivity contribution in [1.29, 1.82) is 0 Å². The number of ether oxygens (including phenoxy) is 1. The predicted molar refractivity (Wildman–Crippen MR) is 131 cm³/mol. The maximum atomic E-state index is 13.5. The van der Waals surface area contributed by atoms with Crippen molar-refractivity contribution in [3.05, 3.63) is 95.3 Å². The molecule has 12 heteroatoms. The summed E-state index contributed by atoms with van der Waals surface area (Å²) in [7, 11) is 1.60. The maximum Gasteiger partial charge on any atom is 0.416 e. The summed E-state index contributed by atoms with van der Waals surface area (Å²) in [6.07, 6.45) is -1.34. The Bertz CT molecular complexity index is 1390. The Hall–Kier alpha value is -4.32.